The van der Waals surface area contributed by atoms with Crippen LogP contribution < -0.4 is 5.32 Å². The molecule has 0 saturated carbocycles. The SMILES string of the molecule is CCNC(=O)[C@@]1(Cc2ccccc2-c2ccccc2)CCN(C(=O)c2n[nH]c(CC)c2C)C1. The maximum atomic E-state index is 13.4. The van der Waals surface area contributed by atoms with E-state index in [0.29, 0.717) is 38.2 Å². The third kappa shape index (κ3) is 4.42. The number of H-pyrrole nitrogens is 1. The second-order valence-electron chi connectivity index (χ2n) is 8.85. The van der Waals surface area contributed by atoms with Crippen molar-refractivity contribution >= 4 is 11.8 Å². The first kappa shape index (κ1) is 22.8. The van der Waals surface area contributed by atoms with Gasteiger partial charge in [0.15, 0.2) is 5.69 Å². The van der Waals surface area contributed by atoms with Crippen molar-refractivity contribution in [2.75, 3.05) is 19.6 Å². The van der Waals surface area contributed by atoms with Gasteiger partial charge in [0, 0.05) is 30.9 Å². The van der Waals surface area contributed by atoms with Crippen LogP contribution in [0.1, 0.15) is 47.6 Å². The van der Waals surface area contributed by atoms with Crippen LogP contribution in [0.2, 0.25) is 0 Å². The van der Waals surface area contributed by atoms with E-state index in [0.717, 1.165) is 34.4 Å². The summed E-state index contributed by atoms with van der Waals surface area (Å²) in [5.41, 5.74) is 5.04. The summed E-state index contributed by atoms with van der Waals surface area (Å²) in [4.78, 5) is 28.5. The molecule has 2 aromatic carbocycles. The number of carbonyl (C=O) groups excluding carboxylic acids is 2. The molecule has 0 spiro atoms. The Kier molecular flexibility index (Phi) is 6.63. The number of benzene rings is 2. The lowest BCUT2D eigenvalue weighted by Crippen LogP contribution is -2.45. The smallest absolute Gasteiger partial charge is 0.274 e. The predicted molar refractivity (Wildman–Crippen MR) is 130 cm³/mol. The van der Waals surface area contributed by atoms with Gasteiger partial charge in [0.1, 0.15) is 0 Å². The maximum Gasteiger partial charge on any atom is 0.274 e. The van der Waals surface area contributed by atoms with E-state index in [-0.39, 0.29) is 11.8 Å². The molecule has 2 heterocycles. The minimum atomic E-state index is -0.672. The second-order valence-corrected chi connectivity index (χ2v) is 8.85. The number of hydrogen-bond donors (Lipinski definition) is 2. The van der Waals surface area contributed by atoms with E-state index < -0.39 is 5.41 Å². The third-order valence-electron chi connectivity index (χ3n) is 6.76. The molecule has 0 radical (unpaired) electrons. The molecule has 6 heteroatoms. The molecule has 6 nitrogen and oxygen atoms in total. The van der Waals surface area contributed by atoms with Crippen molar-refractivity contribution in [3.63, 3.8) is 0 Å². The van der Waals surface area contributed by atoms with Gasteiger partial charge in [-0.05, 0) is 49.8 Å². The number of rotatable bonds is 7. The van der Waals surface area contributed by atoms with Crippen LogP contribution in [0.4, 0.5) is 0 Å². The van der Waals surface area contributed by atoms with Gasteiger partial charge in [0.25, 0.3) is 5.91 Å². The molecule has 0 unspecified atom stereocenters. The average Bonchev–Trinajstić information content (AvgIpc) is 3.44. The predicted octanol–water partition coefficient (Wildman–Crippen LogP) is 4.16. The molecule has 1 aliphatic rings. The summed E-state index contributed by atoms with van der Waals surface area (Å²) in [6.07, 6.45) is 2.00. The van der Waals surface area contributed by atoms with Crippen molar-refractivity contribution in [1.82, 2.24) is 20.4 Å². The molecule has 1 aromatic heterocycles. The highest BCUT2D eigenvalue weighted by molar-refractivity contribution is 5.95. The van der Waals surface area contributed by atoms with Crippen LogP contribution in [-0.4, -0.2) is 46.5 Å². The Morgan fingerprint density at radius 1 is 1.09 bits per heavy atom. The summed E-state index contributed by atoms with van der Waals surface area (Å²) >= 11 is 0. The largest absolute Gasteiger partial charge is 0.356 e. The number of nitrogens with zero attached hydrogens (tertiary/aromatic N) is 2. The molecular weight excluding hydrogens is 412 g/mol. The lowest BCUT2D eigenvalue weighted by Gasteiger charge is -2.29. The van der Waals surface area contributed by atoms with Gasteiger partial charge in [-0.1, -0.05) is 61.5 Å². The summed E-state index contributed by atoms with van der Waals surface area (Å²) in [5.74, 6) is -0.0953. The van der Waals surface area contributed by atoms with E-state index in [4.69, 9.17) is 0 Å². The monoisotopic (exact) mass is 444 g/mol. The Labute approximate surface area is 195 Å². The summed E-state index contributed by atoms with van der Waals surface area (Å²) in [5, 5.41) is 10.3. The number of carbonyl (C=O) groups is 2. The number of aromatic nitrogens is 2. The van der Waals surface area contributed by atoms with E-state index >= 15 is 0 Å². The Morgan fingerprint density at radius 3 is 2.52 bits per heavy atom. The van der Waals surface area contributed by atoms with E-state index in [1.54, 1.807) is 4.90 Å². The molecule has 4 rings (SSSR count). The Balaban J connectivity index is 1.65. The Morgan fingerprint density at radius 2 is 1.82 bits per heavy atom. The van der Waals surface area contributed by atoms with E-state index in [2.05, 4.69) is 39.8 Å². The third-order valence-corrected chi connectivity index (χ3v) is 6.76. The van der Waals surface area contributed by atoms with Crippen molar-refractivity contribution < 1.29 is 9.59 Å². The van der Waals surface area contributed by atoms with E-state index in [9.17, 15) is 9.59 Å². The van der Waals surface area contributed by atoms with E-state index in [1.807, 2.05) is 51.1 Å². The van der Waals surface area contributed by atoms with Crippen LogP contribution in [0.3, 0.4) is 0 Å². The lowest BCUT2D eigenvalue weighted by atomic mass is 9.78. The summed E-state index contributed by atoms with van der Waals surface area (Å²) in [6.45, 7) is 7.38. The zero-order valence-corrected chi connectivity index (χ0v) is 19.6. The van der Waals surface area contributed by atoms with Gasteiger partial charge in [-0.25, -0.2) is 0 Å². The molecular formula is C27H32N4O2. The lowest BCUT2D eigenvalue weighted by molar-refractivity contribution is -0.130. The van der Waals surface area contributed by atoms with Crippen LogP contribution in [0.15, 0.2) is 54.6 Å². The van der Waals surface area contributed by atoms with Gasteiger partial charge < -0.3 is 10.2 Å². The standard InChI is InChI=1S/C27H32N4O2/c1-4-23-19(3)24(30-29-23)25(32)31-16-15-27(18-31,26(33)28-5-2)17-21-13-9-10-14-22(21)20-11-7-6-8-12-20/h6-14H,4-5,15-18H2,1-3H3,(H,28,33)(H,29,30)/t27-/m1/s1. The zero-order valence-electron chi connectivity index (χ0n) is 19.6. The summed E-state index contributed by atoms with van der Waals surface area (Å²) < 4.78 is 0. The van der Waals surface area contributed by atoms with Crippen LogP contribution in [-0.2, 0) is 17.6 Å². The van der Waals surface area contributed by atoms with Gasteiger partial charge in [-0.3, -0.25) is 14.7 Å². The first-order chi connectivity index (χ1) is 16.0. The molecule has 1 fully saturated rings. The zero-order chi connectivity index (χ0) is 23.4. The van der Waals surface area contributed by atoms with Gasteiger partial charge in [0.05, 0.1) is 5.41 Å². The van der Waals surface area contributed by atoms with Crippen molar-refractivity contribution in [2.45, 2.75) is 40.0 Å². The van der Waals surface area contributed by atoms with Gasteiger partial charge in [0.2, 0.25) is 5.91 Å². The molecule has 2 N–H and O–H groups in total. The molecule has 1 aliphatic heterocycles. The fraction of sp³-hybridized carbons (Fsp3) is 0.370. The highest BCUT2D eigenvalue weighted by atomic mass is 16.2. The quantitative estimate of drug-likeness (QED) is 0.574. The minimum absolute atomic E-state index is 0.0103. The minimum Gasteiger partial charge on any atom is -0.356 e. The van der Waals surface area contributed by atoms with Crippen molar-refractivity contribution in [2.24, 2.45) is 5.41 Å². The number of aromatic amines is 1. The summed E-state index contributed by atoms with van der Waals surface area (Å²) in [6, 6.07) is 18.5. The second kappa shape index (κ2) is 9.61. The van der Waals surface area contributed by atoms with Crippen LogP contribution in [0, 0.1) is 12.3 Å². The molecule has 33 heavy (non-hydrogen) atoms. The number of hydrogen-bond acceptors (Lipinski definition) is 3. The molecule has 1 atom stereocenters. The van der Waals surface area contributed by atoms with Crippen molar-refractivity contribution in [3.8, 4) is 11.1 Å². The maximum absolute atomic E-state index is 13.4. The van der Waals surface area contributed by atoms with E-state index in [1.165, 1.54) is 0 Å². The number of likely N-dealkylation sites (tertiary alicyclic amines) is 1. The fourth-order valence-electron chi connectivity index (χ4n) is 4.88. The molecule has 172 valence electrons. The first-order valence-corrected chi connectivity index (χ1v) is 11.7. The van der Waals surface area contributed by atoms with Gasteiger partial charge >= 0.3 is 0 Å². The highest BCUT2D eigenvalue weighted by Gasteiger charge is 2.46. The Hall–Kier alpha value is -3.41. The van der Waals surface area contributed by atoms with Crippen molar-refractivity contribution in [1.29, 1.82) is 0 Å². The topological polar surface area (TPSA) is 78.1 Å². The fourth-order valence-corrected chi connectivity index (χ4v) is 4.88. The molecule has 0 bridgehead atoms. The number of nitrogens with one attached hydrogen (secondary N) is 2. The number of amides is 2. The van der Waals surface area contributed by atoms with Gasteiger partial charge in [-0.15, -0.1) is 0 Å². The first-order valence-electron chi connectivity index (χ1n) is 11.7. The van der Waals surface area contributed by atoms with Crippen molar-refractivity contribution in [3.05, 3.63) is 77.1 Å². The normalized spacial score (nSPS) is 17.8. The molecule has 2 amide bonds. The average molecular weight is 445 g/mol. The Bertz CT molecular complexity index is 1140. The van der Waals surface area contributed by atoms with Crippen LogP contribution >= 0.6 is 0 Å². The highest BCUT2D eigenvalue weighted by Crippen LogP contribution is 2.38. The van der Waals surface area contributed by atoms with Gasteiger partial charge in [-0.2, -0.15) is 5.10 Å². The van der Waals surface area contributed by atoms with Crippen LogP contribution in [0.25, 0.3) is 11.1 Å². The number of aryl methyl sites for hydroxylation is 1. The van der Waals surface area contributed by atoms with Crippen LogP contribution in [0.5, 0.6) is 0 Å². The molecule has 0 aliphatic carbocycles. The molecule has 1 saturated heterocycles. The summed E-state index contributed by atoms with van der Waals surface area (Å²) in [7, 11) is 0. The molecule has 3 aromatic rings.